The minimum absolute atomic E-state index is 0.0961. The lowest BCUT2D eigenvalue weighted by Crippen LogP contribution is -2.19. The highest BCUT2D eigenvalue weighted by Gasteiger charge is 2.24. The van der Waals surface area contributed by atoms with Crippen LogP contribution in [0.2, 0.25) is 0 Å². The van der Waals surface area contributed by atoms with Crippen molar-refractivity contribution in [2.24, 2.45) is 0 Å². The third kappa shape index (κ3) is 4.65. The summed E-state index contributed by atoms with van der Waals surface area (Å²) in [5, 5.41) is 4.61. The number of benzene rings is 2. The molecule has 1 amide bonds. The van der Waals surface area contributed by atoms with Gasteiger partial charge in [0.2, 0.25) is 5.91 Å². The van der Waals surface area contributed by atoms with Crippen LogP contribution < -0.4 is 10.1 Å². The second-order valence-corrected chi connectivity index (χ2v) is 7.79. The maximum absolute atomic E-state index is 13.1. The number of carbonyl (C=O) groups excluding carboxylic acids is 1. The zero-order valence-electron chi connectivity index (χ0n) is 14.6. The van der Waals surface area contributed by atoms with Gasteiger partial charge in [0, 0.05) is 11.1 Å². The molecule has 0 radical (unpaired) electrons. The van der Waals surface area contributed by atoms with Crippen LogP contribution in [0.3, 0.4) is 0 Å². The van der Waals surface area contributed by atoms with E-state index in [1.165, 1.54) is 11.8 Å². The van der Waals surface area contributed by atoms with Crippen LogP contribution in [0, 0.1) is 6.92 Å². The van der Waals surface area contributed by atoms with Crippen molar-refractivity contribution in [3.05, 3.63) is 71.2 Å². The summed E-state index contributed by atoms with van der Waals surface area (Å²) in [7, 11) is 0. The molecule has 0 fully saturated rings. The SMILES string of the molecule is CCOc1ccccc1NC(=O)C(Sc1nc(C)cs1)c1ccccc1. The van der Waals surface area contributed by atoms with E-state index in [0.717, 1.165) is 15.6 Å². The number of aryl methyl sites for hydroxylation is 1. The molecule has 0 aliphatic heterocycles. The Morgan fingerprint density at radius 1 is 1.19 bits per heavy atom. The lowest BCUT2D eigenvalue weighted by molar-refractivity contribution is -0.115. The molecule has 26 heavy (non-hydrogen) atoms. The molecule has 0 aliphatic carbocycles. The maximum atomic E-state index is 13.1. The minimum Gasteiger partial charge on any atom is -0.492 e. The molecule has 0 saturated carbocycles. The largest absolute Gasteiger partial charge is 0.492 e. The molecular weight excluding hydrogens is 364 g/mol. The number of nitrogens with zero attached hydrogens (tertiary/aromatic N) is 1. The van der Waals surface area contributed by atoms with Gasteiger partial charge < -0.3 is 10.1 Å². The van der Waals surface area contributed by atoms with Crippen LogP contribution in [0.15, 0.2) is 64.3 Å². The molecule has 1 unspecified atom stereocenters. The molecule has 3 aromatic rings. The van der Waals surface area contributed by atoms with Crippen LogP contribution in [-0.4, -0.2) is 17.5 Å². The van der Waals surface area contributed by atoms with E-state index in [-0.39, 0.29) is 5.91 Å². The standard InChI is InChI=1S/C20H20N2O2S2/c1-3-24-17-12-8-7-11-16(17)22-19(23)18(15-9-5-4-6-10-15)26-20-21-14(2)13-25-20/h4-13,18H,3H2,1-2H3,(H,22,23). The van der Waals surface area contributed by atoms with Crippen LogP contribution in [0.25, 0.3) is 0 Å². The van der Waals surface area contributed by atoms with Gasteiger partial charge in [0.15, 0.2) is 4.34 Å². The zero-order chi connectivity index (χ0) is 18.4. The fourth-order valence-electron chi connectivity index (χ4n) is 2.44. The number of rotatable bonds is 7. The summed E-state index contributed by atoms with van der Waals surface area (Å²) in [6, 6.07) is 17.2. The second kappa shape index (κ2) is 8.87. The number of thiazole rings is 1. The van der Waals surface area contributed by atoms with Crippen LogP contribution in [0.4, 0.5) is 5.69 Å². The van der Waals surface area contributed by atoms with E-state index >= 15 is 0 Å². The molecule has 1 N–H and O–H groups in total. The van der Waals surface area contributed by atoms with Gasteiger partial charge in [0.25, 0.3) is 0 Å². The molecule has 3 rings (SSSR count). The summed E-state index contributed by atoms with van der Waals surface area (Å²) in [6.45, 7) is 4.42. The Kier molecular flexibility index (Phi) is 6.30. The van der Waals surface area contributed by atoms with Crippen LogP contribution in [-0.2, 0) is 4.79 Å². The van der Waals surface area contributed by atoms with Gasteiger partial charge in [-0.05, 0) is 31.5 Å². The van der Waals surface area contributed by atoms with E-state index in [1.54, 1.807) is 11.3 Å². The van der Waals surface area contributed by atoms with E-state index < -0.39 is 5.25 Å². The molecular formula is C20H20N2O2S2. The third-order valence-electron chi connectivity index (χ3n) is 3.60. The molecule has 4 nitrogen and oxygen atoms in total. The van der Waals surface area contributed by atoms with Crippen molar-refractivity contribution < 1.29 is 9.53 Å². The van der Waals surface area contributed by atoms with E-state index in [1.807, 2.05) is 73.8 Å². The van der Waals surface area contributed by atoms with Gasteiger partial charge in [-0.15, -0.1) is 11.3 Å². The topological polar surface area (TPSA) is 51.2 Å². The predicted octanol–water partition coefficient (Wildman–Crippen LogP) is 5.32. The number of aromatic nitrogens is 1. The highest BCUT2D eigenvalue weighted by Crippen LogP contribution is 2.38. The number of thioether (sulfide) groups is 1. The molecule has 0 aliphatic rings. The Morgan fingerprint density at radius 2 is 1.92 bits per heavy atom. The maximum Gasteiger partial charge on any atom is 0.242 e. The van der Waals surface area contributed by atoms with Crippen molar-refractivity contribution in [2.45, 2.75) is 23.4 Å². The molecule has 0 saturated heterocycles. The number of ether oxygens (including phenoxy) is 1. The van der Waals surface area contributed by atoms with Crippen molar-refractivity contribution in [3.63, 3.8) is 0 Å². The summed E-state index contributed by atoms with van der Waals surface area (Å²) < 4.78 is 6.49. The fourth-order valence-corrected chi connectivity index (χ4v) is 4.47. The van der Waals surface area contributed by atoms with E-state index in [9.17, 15) is 4.79 Å². The zero-order valence-corrected chi connectivity index (χ0v) is 16.3. The number of hydrogen-bond acceptors (Lipinski definition) is 5. The average molecular weight is 385 g/mol. The number of carbonyl (C=O) groups is 1. The first-order valence-electron chi connectivity index (χ1n) is 8.33. The quantitative estimate of drug-likeness (QED) is 0.560. The number of hydrogen-bond donors (Lipinski definition) is 1. The molecule has 1 heterocycles. The van der Waals surface area contributed by atoms with Crippen LogP contribution in [0.5, 0.6) is 5.75 Å². The van der Waals surface area contributed by atoms with Crippen molar-refractivity contribution in [1.29, 1.82) is 0 Å². The first kappa shape index (κ1) is 18.5. The van der Waals surface area contributed by atoms with Gasteiger partial charge in [-0.3, -0.25) is 4.79 Å². The molecule has 2 aromatic carbocycles. The van der Waals surface area contributed by atoms with Crippen molar-refractivity contribution in [2.75, 3.05) is 11.9 Å². The number of anilines is 1. The van der Waals surface area contributed by atoms with Gasteiger partial charge in [0.1, 0.15) is 11.0 Å². The van der Waals surface area contributed by atoms with Gasteiger partial charge >= 0.3 is 0 Å². The Labute approximate surface area is 161 Å². The highest BCUT2D eigenvalue weighted by atomic mass is 32.2. The molecule has 134 valence electrons. The smallest absolute Gasteiger partial charge is 0.242 e. The predicted molar refractivity (Wildman–Crippen MR) is 108 cm³/mol. The third-order valence-corrected chi connectivity index (χ3v) is 5.95. The molecule has 1 atom stereocenters. The number of nitrogens with one attached hydrogen (secondary N) is 1. The van der Waals surface area contributed by atoms with Gasteiger partial charge in [-0.1, -0.05) is 54.2 Å². The van der Waals surface area contributed by atoms with Crippen LogP contribution in [0.1, 0.15) is 23.4 Å². The Bertz CT molecular complexity index is 865. The van der Waals surface area contributed by atoms with E-state index in [0.29, 0.717) is 18.0 Å². The van der Waals surface area contributed by atoms with Crippen molar-refractivity contribution >= 4 is 34.7 Å². The lowest BCUT2D eigenvalue weighted by atomic mass is 10.1. The second-order valence-electron chi connectivity index (χ2n) is 5.58. The fraction of sp³-hybridized carbons (Fsp3) is 0.200. The van der Waals surface area contributed by atoms with Gasteiger partial charge in [-0.2, -0.15) is 0 Å². The molecule has 1 aromatic heterocycles. The summed E-state index contributed by atoms with van der Waals surface area (Å²) in [6.07, 6.45) is 0. The van der Waals surface area contributed by atoms with Gasteiger partial charge in [0.05, 0.1) is 12.3 Å². The van der Waals surface area contributed by atoms with Crippen molar-refractivity contribution in [1.82, 2.24) is 4.98 Å². The lowest BCUT2D eigenvalue weighted by Gasteiger charge is -2.17. The van der Waals surface area contributed by atoms with Crippen LogP contribution >= 0.6 is 23.1 Å². The monoisotopic (exact) mass is 384 g/mol. The molecule has 0 spiro atoms. The first-order chi connectivity index (χ1) is 12.7. The summed E-state index contributed by atoms with van der Waals surface area (Å²) >= 11 is 3.02. The molecule has 0 bridgehead atoms. The normalized spacial score (nSPS) is 11.8. The van der Waals surface area contributed by atoms with E-state index in [4.69, 9.17) is 4.74 Å². The van der Waals surface area contributed by atoms with Crippen molar-refractivity contribution in [3.8, 4) is 5.75 Å². The van der Waals surface area contributed by atoms with E-state index in [2.05, 4.69) is 10.3 Å². The Balaban J connectivity index is 1.85. The number of amides is 1. The average Bonchev–Trinajstić information content (AvgIpc) is 3.07. The number of para-hydroxylation sites is 2. The minimum atomic E-state index is -0.392. The Hall–Kier alpha value is -2.31. The first-order valence-corrected chi connectivity index (χ1v) is 10.1. The molecule has 6 heteroatoms. The Morgan fingerprint density at radius 3 is 2.62 bits per heavy atom. The summed E-state index contributed by atoms with van der Waals surface area (Å²) in [4.78, 5) is 17.6. The van der Waals surface area contributed by atoms with Gasteiger partial charge in [-0.25, -0.2) is 4.98 Å². The highest BCUT2D eigenvalue weighted by molar-refractivity contribution is 8.01. The summed E-state index contributed by atoms with van der Waals surface area (Å²) in [5.74, 6) is 0.575. The summed E-state index contributed by atoms with van der Waals surface area (Å²) in [5.41, 5.74) is 2.58.